The Morgan fingerprint density at radius 3 is 2.61 bits per heavy atom. The summed E-state index contributed by atoms with van der Waals surface area (Å²) in [6, 6.07) is 11.5. The average molecular weight is 398 g/mol. The standard InChI is InChI=1S/C20H16ClN3O4/c1-3-24-19(25)14-8-6-5-7-13(14)17(23-24)20(26)28-18-15(21)9-12(11-22)10-16(18)27-4-2/h5-10H,3-4H2,1-2H3. The molecule has 1 heterocycles. The van der Waals surface area contributed by atoms with Gasteiger partial charge in [-0.2, -0.15) is 10.4 Å². The second kappa shape index (κ2) is 8.11. The summed E-state index contributed by atoms with van der Waals surface area (Å²) in [5, 5.41) is 14.0. The normalized spacial score (nSPS) is 10.5. The quantitative estimate of drug-likeness (QED) is 0.482. The molecule has 142 valence electrons. The lowest BCUT2D eigenvalue weighted by Gasteiger charge is -2.13. The molecule has 0 saturated carbocycles. The molecule has 0 N–H and O–H groups in total. The fourth-order valence-corrected chi connectivity index (χ4v) is 2.99. The maximum Gasteiger partial charge on any atom is 0.365 e. The molecule has 3 aromatic rings. The summed E-state index contributed by atoms with van der Waals surface area (Å²) >= 11 is 6.20. The highest BCUT2D eigenvalue weighted by atomic mass is 35.5. The zero-order valence-electron chi connectivity index (χ0n) is 15.2. The van der Waals surface area contributed by atoms with Crippen molar-refractivity contribution in [2.24, 2.45) is 0 Å². The van der Waals surface area contributed by atoms with Crippen LogP contribution >= 0.6 is 11.6 Å². The van der Waals surface area contributed by atoms with E-state index in [0.29, 0.717) is 17.3 Å². The van der Waals surface area contributed by atoms with Crippen LogP contribution in [0.4, 0.5) is 0 Å². The first-order valence-corrected chi connectivity index (χ1v) is 8.96. The third kappa shape index (κ3) is 3.55. The van der Waals surface area contributed by atoms with Gasteiger partial charge in [0.2, 0.25) is 0 Å². The molecule has 0 spiro atoms. The molecule has 0 saturated heterocycles. The summed E-state index contributed by atoms with van der Waals surface area (Å²) in [6.07, 6.45) is 0. The number of carbonyl (C=O) groups excluding carboxylic acids is 1. The van der Waals surface area contributed by atoms with Crippen molar-refractivity contribution in [3.8, 4) is 17.6 Å². The molecule has 1 aromatic heterocycles. The number of nitriles is 1. The summed E-state index contributed by atoms with van der Waals surface area (Å²) in [5.41, 5.74) is -0.0302. The van der Waals surface area contributed by atoms with Gasteiger partial charge in [0.15, 0.2) is 17.2 Å². The molecular formula is C20H16ClN3O4. The second-order valence-electron chi connectivity index (χ2n) is 5.73. The molecular weight excluding hydrogens is 382 g/mol. The summed E-state index contributed by atoms with van der Waals surface area (Å²) < 4.78 is 12.1. The minimum absolute atomic E-state index is 0.00681. The van der Waals surface area contributed by atoms with E-state index in [4.69, 9.17) is 26.3 Å². The highest BCUT2D eigenvalue weighted by Crippen LogP contribution is 2.37. The monoisotopic (exact) mass is 397 g/mol. The summed E-state index contributed by atoms with van der Waals surface area (Å²) in [6.45, 7) is 4.09. The van der Waals surface area contributed by atoms with Crippen molar-refractivity contribution in [3.63, 3.8) is 0 Å². The molecule has 0 aliphatic rings. The number of rotatable bonds is 5. The molecule has 2 aromatic carbocycles. The number of halogens is 1. The molecule has 0 aliphatic heterocycles. The van der Waals surface area contributed by atoms with Crippen molar-refractivity contribution in [1.29, 1.82) is 5.26 Å². The maximum absolute atomic E-state index is 12.9. The van der Waals surface area contributed by atoms with Crippen molar-refractivity contribution < 1.29 is 14.3 Å². The van der Waals surface area contributed by atoms with Crippen LogP contribution in [0.2, 0.25) is 5.02 Å². The Morgan fingerprint density at radius 2 is 1.96 bits per heavy atom. The highest BCUT2D eigenvalue weighted by molar-refractivity contribution is 6.32. The number of benzene rings is 2. The Bertz CT molecular complexity index is 1160. The minimum atomic E-state index is -0.786. The summed E-state index contributed by atoms with van der Waals surface area (Å²) in [5.74, 6) is -0.619. The van der Waals surface area contributed by atoms with Crippen LogP contribution in [-0.2, 0) is 6.54 Å². The zero-order valence-corrected chi connectivity index (χ0v) is 16.0. The number of hydrogen-bond donors (Lipinski definition) is 0. The Morgan fingerprint density at radius 1 is 1.25 bits per heavy atom. The van der Waals surface area contributed by atoms with Crippen molar-refractivity contribution in [2.75, 3.05) is 6.61 Å². The predicted molar refractivity (Wildman–Crippen MR) is 104 cm³/mol. The largest absolute Gasteiger partial charge is 0.490 e. The number of aromatic nitrogens is 2. The lowest BCUT2D eigenvalue weighted by molar-refractivity contribution is 0.0722. The molecule has 7 nitrogen and oxygen atoms in total. The van der Waals surface area contributed by atoms with Crippen LogP contribution in [0.1, 0.15) is 29.9 Å². The van der Waals surface area contributed by atoms with Gasteiger partial charge >= 0.3 is 5.97 Å². The fourth-order valence-electron chi connectivity index (χ4n) is 2.74. The topological polar surface area (TPSA) is 94.2 Å². The molecule has 0 bridgehead atoms. The Hall–Kier alpha value is -3.37. The fraction of sp³-hybridized carbons (Fsp3) is 0.200. The first-order valence-electron chi connectivity index (χ1n) is 8.58. The van der Waals surface area contributed by atoms with E-state index in [-0.39, 0.29) is 39.9 Å². The molecule has 0 radical (unpaired) electrons. The molecule has 8 heteroatoms. The van der Waals surface area contributed by atoms with Crippen LogP contribution < -0.4 is 15.0 Å². The third-order valence-corrected chi connectivity index (χ3v) is 4.27. The van der Waals surface area contributed by atoms with Gasteiger partial charge < -0.3 is 9.47 Å². The van der Waals surface area contributed by atoms with Gasteiger partial charge in [-0.1, -0.05) is 29.8 Å². The van der Waals surface area contributed by atoms with Crippen LogP contribution in [0.5, 0.6) is 11.5 Å². The van der Waals surface area contributed by atoms with Crippen LogP contribution in [0.15, 0.2) is 41.2 Å². The van der Waals surface area contributed by atoms with Gasteiger partial charge in [0.05, 0.1) is 28.6 Å². The molecule has 0 fully saturated rings. The predicted octanol–water partition coefficient (Wildman–Crippen LogP) is 3.56. The summed E-state index contributed by atoms with van der Waals surface area (Å²) in [7, 11) is 0. The van der Waals surface area contributed by atoms with Crippen molar-refractivity contribution in [3.05, 3.63) is 63.0 Å². The van der Waals surface area contributed by atoms with E-state index in [1.165, 1.54) is 16.8 Å². The number of nitrogens with zero attached hydrogens (tertiary/aromatic N) is 3. The van der Waals surface area contributed by atoms with E-state index in [1.807, 2.05) is 6.07 Å². The van der Waals surface area contributed by atoms with Gasteiger partial charge in [-0.05, 0) is 26.0 Å². The van der Waals surface area contributed by atoms with Gasteiger partial charge in [-0.15, -0.1) is 0 Å². The van der Waals surface area contributed by atoms with Crippen molar-refractivity contribution in [1.82, 2.24) is 9.78 Å². The molecule has 0 amide bonds. The summed E-state index contributed by atoms with van der Waals surface area (Å²) in [4.78, 5) is 25.3. The first kappa shape index (κ1) is 19.4. The van der Waals surface area contributed by atoms with E-state index in [0.717, 1.165) is 0 Å². The maximum atomic E-state index is 12.9. The number of carbonyl (C=O) groups is 1. The van der Waals surface area contributed by atoms with Crippen LogP contribution in [0, 0.1) is 11.3 Å². The highest BCUT2D eigenvalue weighted by Gasteiger charge is 2.22. The van der Waals surface area contributed by atoms with E-state index in [1.54, 1.807) is 38.1 Å². The number of esters is 1. The molecule has 0 aliphatic carbocycles. The lowest BCUT2D eigenvalue weighted by Crippen LogP contribution is -2.26. The number of aryl methyl sites for hydroxylation is 1. The van der Waals surface area contributed by atoms with E-state index >= 15 is 0 Å². The molecule has 0 atom stereocenters. The van der Waals surface area contributed by atoms with Gasteiger partial charge in [0, 0.05) is 18.0 Å². The van der Waals surface area contributed by atoms with Crippen molar-refractivity contribution >= 4 is 28.3 Å². The van der Waals surface area contributed by atoms with E-state index < -0.39 is 5.97 Å². The van der Waals surface area contributed by atoms with Crippen LogP contribution in [0.3, 0.4) is 0 Å². The van der Waals surface area contributed by atoms with Gasteiger partial charge in [0.25, 0.3) is 5.56 Å². The Labute approximate surface area is 165 Å². The van der Waals surface area contributed by atoms with E-state index in [9.17, 15) is 9.59 Å². The van der Waals surface area contributed by atoms with Gasteiger partial charge in [0.1, 0.15) is 0 Å². The van der Waals surface area contributed by atoms with Crippen molar-refractivity contribution in [2.45, 2.75) is 20.4 Å². The van der Waals surface area contributed by atoms with Crippen LogP contribution in [0.25, 0.3) is 10.8 Å². The second-order valence-corrected chi connectivity index (χ2v) is 6.14. The molecule has 3 rings (SSSR count). The minimum Gasteiger partial charge on any atom is -0.490 e. The SMILES string of the molecule is CCOc1cc(C#N)cc(Cl)c1OC(=O)c1nn(CC)c(=O)c2ccccc12. The molecule has 0 unspecified atom stereocenters. The van der Waals surface area contributed by atoms with Gasteiger partial charge in [-0.3, -0.25) is 4.79 Å². The number of ether oxygens (including phenoxy) is 2. The van der Waals surface area contributed by atoms with E-state index in [2.05, 4.69) is 5.10 Å². The number of fused-ring (bicyclic) bond motifs is 1. The Kier molecular flexibility index (Phi) is 5.62. The number of hydrogen-bond acceptors (Lipinski definition) is 6. The molecule has 28 heavy (non-hydrogen) atoms. The van der Waals surface area contributed by atoms with Crippen LogP contribution in [-0.4, -0.2) is 22.4 Å². The lowest BCUT2D eigenvalue weighted by atomic mass is 10.1. The average Bonchev–Trinajstić information content (AvgIpc) is 2.70. The smallest absolute Gasteiger partial charge is 0.365 e. The van der Waals surface area contributed by atoms with Gasteiger partial charge in [-0.25, -0.2) is 9.48 Å². The third-order valence-electron chi connectivity index (χ3n) is 3.99. The first-order chi connectivity index (χ1) is 13.5. The zero-order chi connectivity index (χ0) is 20.3. The Balaban J connectivity index is 2.11.